The molecule has 1 aromatic carbocycles. The number of benzene rings is 1. The molecule has 0 unspecified atom stereocenters. The molecule has 2 heterocycles. The molecule has 3 nitrogen and oxygen atoms in total. The maximum Gasteiger partial charge on any atom is 0.151 e. The summed E-state index contributed by atoms with van der Waals surface area (Å²) in [6, 6.07) is 8.29. The maximum atomic E-state index is 14.8. The molecule has 4 heteroatoms. The molecule has 2 aromatic heterocycles. The van der Waals surface area contributed by atoms with Crippen LogP contribution in [0.2, 0.25) is 0 Å². The van der Waals surface area contributed by atoms with E-state index in [2.05, 4.69) is 47.7 Å². The monoisotopic (exact) mass is 361 g/mol. The van der Waals surface area contributed by atoms with Crippen molar-refractivity contribution in [1.29, 1.82) is 0 Å². The van der Waals surface area contributed by atoms with E-state index in [9.17, 15) is 4.39 Å². The van der Waals surface area contributed by atoms with E-state index >= 15 is 0 Å². The first-order chi connectivity index (χ1) is 13.0. The number of aryl methyl sites for hydroxylation is 1. The van der Waals surface area contributed by atoms with Crippen LogP contribution in [-0.2, 0) is 6.42 Å². The average molecular weight is 361 g/mol. The van der Waals surface area contributed by atoms with Crippen LogP contribution in [0.5, 0.6) is 0 Å². The third-order valence-corrected chi connectivity index (χ3v) is 6.06. The SMILES string of the molecule is Cc1nc2c(F)cc(C3=CCc4nc(C5CCC5)ccc43)cc2n1C(C)C. The van der Waals surface area contributed by atoms with Crippen LogP contribution in [0, 0.1) is 12.7 Å². The topological polar surface area (TPSA) is 30.7 Å². The van der Waals surface area contributed by atoms with Gasteiger partial charge in [-0.15, -0.1) is 0 Å². The van der Waals surface area contributed by atoms with Crippen molar-refractivity contribution in [2.45, 2.75) is 58.4 Å². The largest absolute Gasteiger partial charge is 0.326 e. The molecule has 2 aliphatic rings. The number of fused-ring (bicyclic) bond motifs is 2. The molecule has 2 aliphatic carbocycles. The summed E-state index contributed by atoms with van der Waals surface area (Å²) in [5.41, 5.74) is 6.83. The smallest absolute Gasteiger partial charge is 0.151 e. The maximum absolute atomic E-state index is 14.8. The average Bonchev–Trinajstić information content (AvgIpc) is 3.13. The summed E-state index contributed by atoms with van der Waals surface area (Å²) in [4.78, 5) is 9.37. The van der Waals surface area contributed by atoms with Gasteiger partial charge < -0.3 is 4.57 Å². The minimum Gasteiger partial charge on any atom is -0.326 e. The lowest BCUT2D eigenvalue weighted by atomic mass is 9.82. The third-order valence-electron chi connectivity index (χ3n) is 6.06. The summed E-state index contributed by atoms with van der Waals surface area (Å²) in [7, 11) is 0. The Balaban J connectivity index is 1.60. The molecule has 0 N–H and O–H groups in total. The molecule has 0 spiro atoms. The van der Waals surface area contributed by atoms with Gasteiger partial charge in [-0.05, 0) is 62.9 Å². The highest BCUT2D eigenvalue weighted by atomic mass is 19.1. The van der Waals surface area contributed by atoms with Gasteiger partial charge in [-0.25, -0.2) is 9.37 Å². The quantitative estimate of drug-likeness (QED) is 0.598. The summed E-state index contributed by atoms with van der Waals surface area (Å²) < 4.78 is 16.9. The number of imidazole rings is 1. The molecular formula is C23H24FN3. The molecule has 0 bridgehead atoms. The van der Waals surface area contributed by atoms with E-state index < -0.39 is 0 Å². The molecule has 0 radical (unpaired) electrons. The Labute approximate surface area is 159 Å². The van der Waals surface area contributed by atoms with Gasteiger partial charge in [0.05, 0.1) is 11.2 Å². The standard InChI is InChI=1S/C23H24FN3/c1-13(2)27-14(3)25-23-19(24)11-16(12-22(23)27)17-7-10-21-18(17)8-9-20(26-21)15-5-4-6-15/h7-9,11-13,15H,4-6,10H2,1-3H3. The van der Waals surface area contributed by atoms with Crippen LogP contribution in [-0.4, -0.2) is 14.5 Å². The number of aromatic nitrogens is 3. The van der Waals surface area contributed by atoms with Gasteiger partial charge in [0.2, 0.25) is 0 Å². The lowest BCUT2D eigenvalue weighted by Crippen LogP contribution is -2.11. The molecule has 0 aliphatic heterocycles. The normalized spacial score (nSPS) is 16.7. The number of pyridine rings is 1. The highest BCUT2D eigenvalue weighted by Crippen LogP contribution is 2.39. The van der Waals surface area contributed by atoms with E-state index in [4.69, 9.17) is 4.98 Å². The van der Waals surface area contributed by atoms with Gasteiger partial charge >= 0.3 is 0 Å². The van der Waals surface area contributed by atoms with Crippen LogP contribution < -0.4 is 0 Å². The van der Waals surface area contributed by atoms with E-state index in [1.807, 2.05) is 6.92 Å². The fraction of sp³-hybridized carbons (Fsp3) is 0.391. The summed E-state index contributed by atoms with van der Waals surface area (Å²) >= 11 is 0. The van der Waals surface area contributed by atoms with E-state index in [0.717, 1.165) is 40.2 Å². The predicted molar refractivity (Wildman–Crippen MR) is 106 cm³/mol. The fourth-order valence-electron chi connectivity index (χ4n) is 4.51. The Morgan fingerprint density at radius 3 is 2.67 bits per heavy atom. The molecule has 5 rings (SSSR count). The second-order valence-corrected chi connectivity index (χ2v) is 8.13. The van der Waals surface area contributed by atoms with E-state index in [0.29, 0.717) is 11.4 Å². The lowest BCUT2D eigenvalue weighted by molar-refractivity contribution is 0.410. The van der Waals surface area contributed by atoms with Crippen molar-refractivity contribution in [3.8, 4) is 0 Å². The Morgan fingerprint density at radius 2 is 1.96 bits per heavy atom. The lowest BCUT2D eigenvalue weighted by Gasteiger charge is -2.25. The van der Waals surface area contributed by atoms with Crippen LogP contribution in [0.25, 0.3) is 16.6 Å². The number of hydrogen-bond acceptors (Lipinski definition) is 2. The van der Waals surface area contributed by atoms with Gasteiger partial charge in [0, 0.05) is 29.6 Å². The molecule has 0 amide bonds. The van der Waals surface area contributed by atoms with Gasteiger partial charge in [0.1, 0.15) is 11.3 Å². The Kier molecular flexibility index (Phi) is 3.71. The number of nitrogens with zero attached hydrogens (tertiary/aromatic N) is 3. The number of halogens is 1. The molecular weight excluding hydrogens is 337 g/mol. The highest BCUT2D eigenvalue weighted by Gasteiger charge is 2.25. The molecule has 0 atom stereocenters. The summed E-state index contributed by atoms with van der Waals surface area (Å²) in [6.07, 6.45) is 6.84. The Bertz CT molecular complexity index is 1090. The van der Waals surface area contributed by atoms with Crippen molar-refractivity contribution in [2.75, 3.05) is 0 Å². The first-order valence-corrected chi connectivity index (χ1v) is 9.91. The van der Waals surface area contributed by atoms with Crippen LogP contribution in [0.3, 0.4) is 0 Å². The minimum atomic E-state index is -0.251. The van der Waals surface area contributed by atoms with E-state index in [1.54, 1.807) is 6.07 Å². The van der Waals surface area contributed by atoms with Crippen LogP contribution >= 0.6 is 0 Å². The van der Waals surface area contributed by atoms with Crippen molar-refractivity contribution in [1.82, 2.24) is 14.5 Å². The Hall–Kier alpha value is -2.49. The minimum absolute atomic E-state index is 0.237. The Morgan fingerprint density at radius 1 is 1.15 bits per heavy atom. The second-order valence-electron chi connectivity index (χ2n) is 8.13. The zero-order valence-corrected chi connectivity index (χ0v) is 16.1. The predicted octanol–water partition coefficient (Wildman–Crippen LogP) is 5.72. The molecule has 1 saturated carbocycles. The summed E-state index contributed by atoms with van der Waals surface area (Å²) in [5.74, 6) is 1.23. The van der Waals surface area contributed by atoms with Gasteiger partial charge in [-0.2, -0.15) is 0 Å². The highest BCUT2D eigenvalue weighted by molar-refractivity contribution is 5.89. The fourth-order valence-corrected chi connectivity index (χ4v) is 4.51. The number of hydrogen-bond donors (Lipinski definition) is 0. The van der Waals surface area contributed by atoms with Crippen molar-refractivity contribution >= 4 is 16.6 Å². The van der Waals surface area contributed by atoms with Crippen molar-refractivity contribution in [3.05, 3.63) is 64.5 Å². The third kappa shape index (κ3) is 2.53. The molecule has 138 valence electrons. The number of allylic oxidation sites excluding steroid dienone is 1. The zero-order chi connectivity index (χ0) is 18.7. The second kappa shape index (κ2) is 6.01. The molecule has 1 fully saturated rings. The first-order valence-electron chi connectivity index (χ1n) is 9.91. The van der Waals surface area contributed by atoms with E-state index in [-0.39, 0.29) is 11.9 Å². The van der Waals surface area contributed by atoms with Gasteiger partial charge in [-0.1, -0.05) is 18.6 Å². The van der Waals surface area contributed by atoms with Crippen molar-refractivity contribution in [3.63, 3.8) is 0 Å². The summed E-state index contributed by atoms with van der Waals surface area (Å²) in [5, 5.41) is 0. The molecule has 0 saturated heterocycles. The first kappa shape index (κ1) is 16.7. The van der Waals surface area contributed by atoms with Gasteiger partial charge in [-0.3, -0.25) is 4.98 Å². The van der Waals surface area contributed by atoms with Crippen LogP contribution in [0.15, 0.2) is 30.3 Å². The summed E-state index contributed by atoms with van der Waals surface area (Å²) in [6.45, 7) is 6.15. The zero-order valence-electron chi connectivity index (χ0n) is 16.1. The van der Waals surface area contributed by atoms with Gasteiger partial charge in [0.15, 0.2) is 5.82 Å². The van der Waals surface area contributed by atoms with Crippen LogP contribution in [0.4, 0.5) is 4.39 Å². The van der Waals surface area contributed by atoms with Gasteiger partial charge in [0.25, 0.3) is 0 Å². The number of rotatable bonds is 3. The van der Waals surface area contributed by atoms with Crippen molar-refractivity contribution < 1.29 is 4.39 Å². The van der Waals surface area contributed by atoms with Crippen molar-refractivity contribution in [2.24, 2.45) is 0 Å². The molecule has 3 aromatic rings. The van der Waals surface area contributed by atoms with Crippen LogP contribution in [0.1, 0.15) is 73.4 Å². The van der Waals surface area contributed by atoms with E-state index in [1.165, 1.54) is 25.0 Å². The molecule has 27 heavy (non-hydrogen) atoms.